The monoisotopic (exact) mass is 263 g/mol. The summed E-state index contributed by atoms with van der Waals surface area (Å²) in [5.74, 6) is -0.838. The Bertz CT molecular complexity index is 443. The number of carboxylic acids is 1. The van der Waals surface area contributed by atoms with Crippen molar-refractivity contribution in [2.24, 2.45) is 0 Å². The smallest absolute Gasteiger partial charge is 0.303 e. The van der Waals surface area contributed by atoms with E-state index < -0.39 is 5.97 Å². The molecule has 0 aromatic heterocycles. The minimum atomic E-state index is -0.811. The fourth-order valence-electron chi connectivity index (χ4n) is 2.03. The standard InChI is InChI=1S/C15H21NO3/c1-11-7-3-4-8-13(11)12(2)16-14(17)9-5-6-10-15(18)19/h3-4,7-8,12H,5-6,9-10H2,1-2H3,(H,16,17)(H,18,19). The second-order valence-electron chi connectivity index (χ2n) is 4.75. The molecule has 104 valence electrons. The molecule has 0 fully saturated rings. The lowest BCUT2D eigenvalue weighted by Crippen LogP contribution is -2.26. The molecule has 0 saturated carbocycles. The number of aliphatic carboxylic acids is 1. The van der Waals surface area contributed by atoms with Crippen molar-refractivity contribution in [2.75, 3.05) is 0 Å². The number of carbonyl (C=O) groups is 2. The highest BCUT2D eigenvalue weighted by Crippen LogP contribution is 2.16. The first-order valence-corrected chi connectivity index (χ1v) is 6.57. The second-order valence-corrected chi connectivity index (χ2v) is 4.75. The molecule has 1 unspecified atom stereocenters. The first kappa shape index (κ1) is 15.2. The number of unbranched alkanes of at least 4 members (excludes halogenated alkanes) is 1. The molecule has 0 saturated heterocycles. The van der Waals surface area contributed by atoms with Gasteiger partial charge in [0.25, 0.3) is 0 Å². The third kappa shape index (κ3) is 5.55. The third-order valence-electron chi connectivity index (χ3n) is 3.08. The van der Waals surface area contributed by atoms with E-state index in [-0.39, 0.29) is 18.4 Å². The van der Waals surface area contributed by atoms with Crippen molar-refractivity contribution >= 4 is 11.9 Å². The van der Waals surface area contributed by atoms with E-state index in [4.69, 9.17) is 5.11 Å². The van der Waals surface area contributed by atoms with Gasteiger partial charge in [0.2, 0.25) is 5.91 Å². The normalized spacial score (nSPS) is 11.9. The molecule has 2 N–H and O–H groups in total. The summed E-state index contributed by atoms with van der Waals surface area (Å²) in [5.41, 5.74) is 2.27. The van der Waals surface area contributed by atoms with E-state index in [0.29, 0.717) is 19.3 Å². The molecule has 0 aliphatic heterocycles. The number of aryl methyl sites for hydroxylation is 1. The average Bonchev–Trinajstić information content (AvgIpc) is 2.35. The average molecular weight is 263 g/mol. The molecule has 4 heteroatoms. The van der Waals surface area contributed by atoms with E-state index in [1.165, 1.54) is 0 Å². The van der Waals surface area contributed by atoms with Crippen molar-refractivity contribution in [1.82, 2.24) is 5.32 Å². The highest BCUT2D eigenvalue weighted by molar-refractivity contribution is 5.76. The van der Waals surface area contributed by atoms with Crippen LogP contribution in [0.4, 0.5) is 0 Å². The molecular formula is C15H21NO3. The molecule has 1 amide bonds. The van der Waals surface area contributed by atoms with Crippen molar-refractivity contribution in [3.63, 3.8) is 0 Å². The molecule has 4 nitrogen and oxygen atoms in total. The Morgan fingerprint density at radius 3 is 2.47 bits per heavy atom. The molecule has 1 rings (SSSR count). The van der Waals surface area contributed by atoms with Crippen LogP contribution in [0.3, 0.4) is 0 Å². The summed E-state index contributed by atoms with van der Waals surface area (Å²) < 4.78 is 0. The van der Waals surface area contributed by atoms with Crippen LogP contribution >= 0.6 is 0 Å². The zero-order chi connectivity index (χ0) is 14.3. The molecule has 19 heavy (non-hydrogen) atoms. The molecule has 0 aliphatic carbocycles. The van der Waals surface area contributed by atoms with Crippen LogP contribution in [0, 0.1) is 6.92 Å². The lowest BCUT2D eigenvalue weighted by molar-refractivity contribution is -0.137. The number of benzene rings is 1. The van der Waals surface area contributed by atoms with Crippen LogP contribution in [0.25, 0.3) is 0 Å². The quantitative estimate of drug-likeness (QED) is 0.743. The molecule has 1 aromatic rings. The summed E-state index contributed by atoms with van der Waals surface area (Å²) >= 11 is 0. The van der Waals surface area contributed by atoms with Gasteiger partial charge in [-0.1, -0.05) is 24.3 Å². The maximum atomic E-state index is 11.7. The van der Waals surface area contributed by atoms with E-state index in [0.717, 1.165) is 11.1 Å². The van der Waals surface area contributed by atoms with E-state index >= 15 is 0 Å². The first-order chi connectivity index (χ1) is 9.00. The van der Waals surface area contributed by atoms with Crippen molar-refractivity contribution in [1.29, 1.82) is 0 Å². The molecule has 0 spiro atoms. The van der Waals surface area contributed by atoms with E-state index in [2.05, 4.69) is 5.32 Å². The van der Waals surface area contributed by atoms with Crippen LogP contribution in [-0.2, 0) is 9.59 Å². The number of hydrogen-bond acceptors (Lipinski definition) is 2. The summed E-state index contributed by atoms with van der Waals surface area (Å²) in [6.45, 7) is 3.97. The van der Waals surface area contributed by atoms with Crippen molar-refractivity contribution in [3.8, 4) is 0 Å². The third-order valence-corrected chi connectivity index (χ3v) is 3.08. The molecule has 0 bridgehead atoms. The van der Waals surface area contributed by atoms with E-state index in [1.54, 1.807) is 0 Å². The molecule has 1 atom stereocenters. The van der Waals surface area contributed by atoms with Crippen LogP contribution < -0.4 is 5.32 Å². The Morgan fingerprint density at radius 2 is 1.84 bits per heavy atom. The van der Waals surface area contributed by atoms with E-state index in [1.807, 2.05) is 38.1 Å². The van der Waals surface area contributed by atoms with Gasteiger partial charge in [0, 0.05) is 12.8 Å². The van der Waals surface area contributed by atoms with Crippen LogP contribution in [0.15, 0.2) is 24.3 Å². The van der Waals surface area contributed by atoms with Crippen molar-refractivity contribution in [2.45, 2.75) is 45.6 Å². The Labute approximate surface area is 113 Å². The van der Waals surface area contributed by atoms with Gasteiger partial charge in [-0.2, -0.15) is 0 Å². The fourth-order valence-corrected chi connectivity index (χ4v) is 2.03. The lowest BCUT2D eigenvalue weighted by Gasteiger charge is -2.16. The van der Waals surface area contributed by atoms with Gasteiger partial charge in [0.1, 0.15) is 0 Å². The zero-order valence-electron chi connectivity index (χ0n) is 11.5. The van der Waals surface area contributed by atoms with Gasteiger partial charge >= 0.3 is 5.97 Å². The van der Waals surface area contributed by atoms with Gasteiger partial charge in [-0.3, -0.25) is 9.59 Å². The molecule has 0 heterocycles. The van der Waals surface area contributed by atoms with E-state index in [9.17, 15) is 9.59 Å². The van der Waals surface area contributed by atoms with Gasteiger partial charge in [-0.15, -0.1) is 0 Å². The SMILES string of the molecule is Cc1ccccc1C(C)NC(=O)CCCCC(=O)O. The Balaban J connectivity index is 2.36. The Morgan fingerprint density at radius 1 is 1.21 bits per heavy atom. The lowest BCUT2D eigenvalue weighted by atomic mass is 10.0. The van der Waals surface area contributed by atoms with Crippen LogP contribution in [0.5, 0.6) is 0 Å². The molecule has 0 aliphatic rings. The zero-order valence-corrected chi connectivity index (χ0v) is 11.5. The highest BCUT2D eigenvalue weighted by Gasteiger charge is 2.11. The van der Waals surface area contributed by atoms with Gasteiger partial charge in [-0.05, 0) is 37.8 Å². The van der Waals surface area contributed by atoms with Gasteiger partial charge < -0.3 is 10.4 Å². The Hall–Kier alpha value is -1.84. The van der Waals surface area contributed by atoms with Gasteiger partial charge in [-0.25, -0.2) is 0 Å². The predicted molar refractivity (Wildman–Crippen MR) is 73.8 cm³/mol. The maximum absolute atomic E-state index is 11.7. The summed E-state index contributed by atoms with van der Waals surface area (Å²) in [6.07, 6.45) is 1.66. The summed E-state index contributed by atoms with van der Waals surface area (Å²) in [7, 11) is 0. The van der Waals surface area contributed by atoms with Crippen LogP contribution in [0.1, 0.15) is 49.8 Å². The number of carbonyl (C=O) groups excluding carboxylic acids is 1. The van der Waals surface area contributed by atoms with Crippen molar-refractivity contribution in [3.05, 3.63) is 35.4 Å². The van der Waals surface area contributed by atoms with Crippen LogP contribution in [-0.4, -0.2) is 17.0 Å². The van der Waals surface area contributed by atoms with Crippen LogP contribution in [0.2, 0.25) is 0 Å². The fraction of sp³-hybridized carbons (Fsp3) is 0.467. The second kappa shape index (κ2) is 7.56. The van der Waals surface area contributed by atoms with Crippen molar-refractivity contribution < 1.29 is 14.7 Å². The number of rotatable bonds is 7. The summed E-state index contributed by atoms with van der Waals surface area (Å²) in [4.78, 5) is 22.1. The van der Waals surface area contributed by atoms with Gasteiger partial charge in [0.15, 0.2) is 0 Å². The summed E-state index contributed by atoms with van der Waals surface area (Å²) in [5, 5.41) is 11.4. The summed E-state index contributed by atoms with van der Waals surface area (Å²) in [6, 6.07) is 7.93. The largest absolute Gasteiger partial charge is 0.481 e. The highest BCUT2D eigenvalue weighted by atomic mass is 16.4. The molecule has 0 radical (unpaired) electrons. The first-order valence-electron chi connectivity index (χ1n) is 6.57. The predicted octanol–water partition coefficient (Wildman–Crippen LogP) is 2.82. The number of carboxylic acid groups (broad SMARTS) is 1. The molecule has 1 aromatic carbocycles. The number of nitrogens with one attached hydrogen (secondary N) is 1. The minimum Gasteiger partial charge on any atom is -0.481 e. The maximum Gasteiger partial charge on any atom is 0.303 e. The Kier molecular flexibility index (Phi) is 6.06. The molecular weight excluding hydrogens is 242 g/mol. The minimum absolute atomic E-state index is 0.0202. The number of hydrogen-bond donors (Lipinski definition) is 2. The topological polar surface area (TPSA) is 66.4 Å². The number of amides is 1. The van der Waals surface area contributed by atoms with Gasteiger partial charge in [0.05, 0.1) is 6.04 Å².